The highest BCUT2D eigenvalue weighted by Gasteiger charge is 2.43. The van der Waals surface area contributed by atoms with Crippen LogP contribution in [-0.2, 0) is 10.8 Å². The van der Waals surface area contributed by atoms with Crippen molar-refractivity contribution in [3.63, 3.8) is 0 Å². The first-order valence-electron chi connectivity index (χ1n) is 15.7. The quantitative estimate of drug-likeness (QED) is 0.195. The summed E-state index contributed by atoms with van der Waals surface area (Å²) in [5, 5.41) is 0. The van der Waals surface area contributed by atoms with Crippen LogP contribution in [0.25, 0.3) is 0 Å². The summed E-state index contributed by atoms with van der Waals surface area (Å²) in [4.78, 5) is 14.9. The normalized spacial score (nSPS) is 13.9. The molecule has 0 N–H and O–H groups in total. The number of para-hydroxylation sites is 3. The zero-order chi connectivity index (χ0) is 31.1. The molecule has 2 aromatic heterocycles. The third-order valence-corrected chi connectivity index (χ3v) is 9.22. The van der Waals surface area contributed by atoms with Gasteiger partial charge in [0.1, 0.15) is 0 Å². The predicted molar refractivity (Wildman–Crippen MR) is 188 cm³/mol. The number of hydrogen-bond acceptors (Lipinski definition) is 4. The van der Waals surface area contributed by atoms with Crippen LogP contribution in [0.5, 0.6) is 0 Å². The van der Waals surface area contributed by atoms with E-state index in [9.17, 15) is 0 Å². The lowest BCUT2D eigenvalue weighted by atomic mass is 9.33. The van der Waals surface area contributed by atoms with Gasteiger partial charge in [0.15, 0.2) is 0 Å². The Morgan fingerprint density at radius 2 is 1.18 bits per heavy atom. The van der Waals surface area contributed by atoms with Gasteiger partial charge in [-0.1, -0.05) is 100 Å². The fourth-order valence-electron chi connectivity index (χ4n) is 7.21. The Balaban J connectivity index is 1.54. The molecule has 5 heteroatoms. The van der Waals surface area contributed by atoms with E-state index in [1.807, 2.05) is 6.20 Å². The van der Waals surface area contributed by atoms with Crippen molar-refractivity contribution in [1.82, 2.24) is 9.97 Å². The van der Waals surface area contributed by atoms with Crippen molar-refractivity contribution >= 4 is 57.2 Å². The SMILES string of the molecule is Cc1cc(C)c(B2c3cc(C(C)(C)C)ncc3N3c4ccccc4N(c4ccc(C(C)(C)C)nc4)c4cccc2c43)c(C)c1. The molecule has 220 valence electrons. The van der Waals surface area contributed by atoms with Crippen LogP contribution in [0.2, 0.25) is 0 Å². The van der Waals surface area contributed by atoms with Gasteiger partial charge in [0, 0.05) is 22.2 Å². The second-order valence-corrected chi connectivity index (χ2v) is 14.6. The lowest BCUT2D eigenvalue weighted by Gasteiger charge is -2.45. The maximum absolute atomic E-state index is 5.09. The van der Waals surface area contributed by atoms with E-state index >= 15 is 0 Å². The summed E-state index contributed by atoms with van der Waals surface area (Å²) in [7, 11) is 0. The van der Waals surface area contributed by atoms with Gasteiger partial charge in [0.2, 0.25) is 6.71 Å². The van der Waals surface area contributed by atoms with Crippen LogP contribution >= 0.6 is 0 Å². The molecule has 4 heterocycles. The molecule has 0 bridgehead atoms. The lowest BCUT2D eigenvalue weighted by molar-refractivity contribution is 0.569. The third kappa shape index (κ3) is 4.36. The molecule has 0 saturated carbocycles. The van der Waals surface area contributed by atoms with E-state index in [2.05, 4.69) is 151 Å². The molecule has 7 rings (SSSR count). The molecule has 0 radical (unpaired) electrons. The Kier molecular flexibility index (Phi) is 6.34. The molecule has 0 spiro atoms. The van der Waals surface area contributed by atoms with Crippen molar-refractivity contribution in [1.29, 1.82) is 0 Å². The number of aromatic nitrogens is 2. The van der Waals surface area contributed by atoms with Crippen molar-refractivity contribution in [3.8, 4) is 0 Å². The van der Waals surface area contributed by atoms with Gasteiger partial charge in [-0.05, 0) is 68.1 Å². The molecule has 2 aliphatic rings. The molecule has 0 amide bonds. The van der Waals surface area contributed by atoms with Gasteiger partial charge in [0.05, 0.1) is 46.5 Å². The van der Waals surface area contributed by atoms with Crippen LogP contribution in [0.15, 0.2) is 85.2 Å². The van der Waals surface area contributed by atoms with Gasteiger partial charge in [-0.2, -0.15) is 0 Å². The van der Waals surface area contributed by atoms with Gasteiger partial charge in [0.25, 0.3) is 0 Å². The second kappa shape index (κ2) is 9.82. The summed E-state index contributed by atoms with van der Waals surface area (Å²) in [6, 6.07) is 27.0. The van der Waals surface area contributed by atoms with Crippen molar-refractivity contribution < 1.29 is 0 Å². The van der Waals surface area contributed by atoms with Crippen molar-refractivity contribution in [2.75, 3.05) is 9.80 Å². The Morgan fingerprint density at radius 3 is 1.80 bits per heavy atom. The van der Waals surface area contributed by atoms with Crippen LogP contribution in [0, 0.1) is 20.8 Å². The summed E-state index contributed by atoms with van der Waals surface area (Å²) in [6.45, 7) is 20.2. The number of benzene rings is 3. The minimum absolute atomic E-state index is 0.0133. The van der Waals surface area contributed by atoms with Gasteiger partial charge >= 0.3 is 0 Å². The number of pyridine rings is 2. The number of nitrogens with zero attached hydrogens (tertiary/aromatic N) is 4. The van der Waals surface area contributed by atoms with Crippen LogP contribution < -0.4 is 26.2 Å². The van der Waals surface area contributed by atoms with Gasteiger partial charge in [-0.15, -0.1) is 0 Å². The molecule has 0 saturated heterocycles. The molecule has 0 fully saturated rings. The van der Waals surface area contributed by atoms with Gasteiger partial charge < -0.3 is 9.80 Å². The number of hydrogen-bond donors (Lipinski definition) is 0. The largest absolute Gasteiger partial charge is 0.306 e. The Bertz CT molecular complexity index is 1910. The highest BCUT2D eigenvalue weighted by atomic mass is 15.3. The van der Waals surface area contributed by atoms with Gasteiger partial charge in [-0.3, -0.25) is 9.97 Å². The average molecular weight is 577 g/mol. The summed E-state index contributed by atoms with van der Waals surface area (Å²) in [6.07, 6.45) is 4.15. The summed E-state index contributed by atoms with van der Waals surface area (Å²) in [5.41, 5.74) is 16.9. The molecule has 44 heavy (non-hydrogen) atoms. The average Bonchev–Trinajstić information content (AvgIpc) is 2.96. The first-order valence-corrected chi connectivity index (χ1v) is 15.7. The van der Waals surface area contributed by atoms with E-state index in [-0.39, 0.29) is 17.5 Å². The van der Waals surface area contributed by atoms with Crippen molar-refractivity contribution in [3.05, 3.63) is 113 Å². The topological polar surface area (TPSA) is 32.3 Å². The van der Waals surface area contributed by atoms with E-state index in [4.69, 9.17) is 9.97 Å². The smallest absolute Gasteiger partial charge is 0.247 e. The predicted octanol–water partition coefficient (Wildman–Crippen LogP) is 8.08. The number of fused-ring (bicyclic) bond motifs is 4. The maximum atomic E-state index is 5.09. The highest BCUT2D eigenvalue weighted by Crippen LogP contribution is 2.54. The molecule has 4 nitrogen and oxygen atoms in total. The first kappa shape index (κ1) is 28.4. The van der Waals surface area contributed by atoms with Crippen LogP contribution in [0.1, 0.15) is 69.6 Å². The molecular formula is C39H41BN4. The molecular weight excluding hydrogens is 535 g/mol. The minimum Gasteiger partial charge on any atom is -0.306 e. The highest BCUT2D eigenvalue weighted by molar-refractivity contribution is 6.98. The van der Waals surface area contributed by atoms with E-state index in [0.717, 1.165) is 39.8 Å². The Labute approximate surface area is 262 Å². The monoisotopic (exact) mass is 576 g/mol. The molecule has 0 atom stereocenters. The molecule has 0 aliphatic carbocycles. The number of anilines is 6. The van der Waals surface area contributed by atoms with Gasteiger partial charge in [-0.25, -0.2) is 0 Å². The Hall–Kier alpha value is -4.38. The van der Waals surface area contributed by atoms with E-state index in [0.29, 0.717) is 0 Å². The summed E-state index contributed by atoms with van der Waals surface area (Å²) < 4.78 is 0. The van der Waals surface area contributed by atoms with Crippen molar-refractivity contribution in [2.45, 2.75) is 73.1 Å². The second-order valence-electron chi connectivity index (χ2n) is 14.6. The maximum Gasteiger partial charge on any atom is 0.247 e. The zero-order valence-corrected chi connectivity index (χ0v) is 27.4. The molecule has 2 aliphatic heterocycles. The fraction of sp³-hybridized carbons (Fsp3) is 0.282. The molecule has 3 aromatic carbocycles. The van der Waals surface area contributed by atoms with Crippen LogP contribution in [0.4, 0.5) is 34.1 Å². The van der Waals surface area contributed by atoms with Crippen molar-refractivity contribution in [2.24, 2.45) is 0 Å². The third-order valence-electron chi connectivity index (χ3n) is 9.22. The fourth-order valence-corrected chi connectivity index (χ4v) is 7.21. The Morgan fingerprint density at radius 1 is 0.568 bits per heavy atom. The van der Waals surface area contributed by atoms with E-state index < -0.39 is 0 Å². The standard InChI is InChI=1S/C39H41BN4/c1-24-19-25(2)36(26(3)20-24)40-28-13-12-16-32-37(28)44(33-23-42-35(21-29(33)40)39(7,8)9)31-15-11-10-14-30(31)43(32)27-17-18-34(41-22-27)38(4,5)6/h10-23H,1-9H3. The number of aryl methyl sites for hydroxylation is 3. The minimum atomic E-state index is -0.0676. The number of rotatable bonds is 2. The lowest BCUT2D eigenvalue weighted by Crippen LogP contribution is -2.59. The zero-order valence-electron chi connectivity index (χ0n) is 27.4. The molecule has 5 aromatic rings. The summed E-state index contributed by atoms with van der Waals surface area (Å²) >= 11 is 0. The van der Waals surface area contributed by atoms with Crippen LogP contribution in [0.3, 0.4) is 0 Å². The van der Waals surface area contributed by atoms with E-state index in [1.54, 1.807) is 0 Å². The van der Waals surface area contributed by atoms with E-state index in [1.165, 1.54) is 38.8 Å². The molecule has 0 unspecified atom stereocenters. The first-order chi connectivity index (χ1) is 20.8. The summed E-state index contributed by atoms with van der Waals surface area (Å²) in [5.74, 6) is 0. The van der Waals surface area contributed by atoms with Crippen LogP contribution in [-0.4, -0.2) is 16.7 Å².